The summed E-state index contributed by atoms with van der Waals surface area (Å²) in [6.07, 6.45) is 12.4. The van der Waals surface area contributed by atoms with Gasteiger partial charge in [-0.25, -0.2) is 0 Å². The number of hydrogen-bond donors (Lipinski definition) is 0. The number of allylic oxidation sites excluding steroid dienone is 2. The Labute approximate surface area is 166 Å². The maximum absolute atomic E-state index is 5.99. The van der Waals surface area contributed by atoms with E-state index in [9.17, 15) is 0 Å². The highest BCUT2D eigenvalue weighted by Gasteiger charge is 2.15. The Morgan fingerprint density at radius 3 is 2.67 bits per heavy atom. The van der Waals surface area contributed by atoms with E-state index in [0.717, 1.165) is 40.9 Å². The first-order chi connectivity index (χ1) is 13.3. The first kappa shape index (κ1) is 18.3. The van der Waals surface area contributed by atoms with Gasteiger partial charge in [-0.3, -0.25) is 4.99 Å². The molecule has 0 atom stereocenters. The van der Waals surface area contributed by atoms with E-state index in [1.807, 2.05) is 24.3 Å². The molecule has 1 aliphatic carbocycles. The van der Waals surface area contributed by atoms with E-state index < -0.39 is 0 Å². The number of halogens is 1. The van der Waals surface area contributed by atoms with Gasteiger partial charge in [0, 0.05) is 17.1 Å². The molecule has 0 N–H and O–H groups in total. The minimum absolute atomic E-state index is 0.554. The molecule has 4 rings (SSSR count). The molecule has 1 aliphatic heterocycles. The highest BCUT2D eigenvalue weighted by atomic mass is 35.5. The number of benzene rings is 2. The van der Waals surface area contributed by atoms with E-state index in [0.29, 0.717) is 6.61 Å². The molecule has 140 valence electrons. The SMILES string of the molecule is Clc1ccc(COc2ccc3c(c2)CCN=C3/C=C/C2CCCCC2)cc1. The zero-order valence-corrected chi connectivity index (χ0v) is 16.4. The van der Waals surface area contributed by atoms with Crippen LogP contribution < -0.4 is 4.74 Å². The second-order valence-corrected chi connectivity index (χ2v) is 7.94. The van der Waals surface area contributed by atoms with E-state index in [4.69, 9.17) is 21.3 Å². The van der Waals surface area contributed by atoms with Crippen LogP contribution in [0.3, 0.4) is 0 Å². The summed E-state index contributed by atoms with van der Waals surface area (Å²) in [6, 6.07) is 14.2. The number of rotatable bonds is 5. The first-order valence-corrected chi connectivity index (χ1v) is 10.4. The highest BCUT2D eigenvalue weighted by Crippen LogP contribution is 2.27. The van der Waals surface area contributed by atoms with Crippen molar-refractivity contribution in [2.75, 3.05) is 6.54 Å². The zero-order chi connectivity index (χ0) is 18.5. The molecule has 2 aliphatic rings. The molecule has 0 radical (unpaired) electrons. The molecule has 2 aromatic carbocycles. The Bertz CT molecular complexity index is 832. The van der Waals surface area contributed by atoms with E-state index in [2.05, 4.69) is 30.4 Å². The fraction of sp³-hybridized carbons (Fsp3) is 0.375. The molecule has 0 spiro atoms. The van der Waals surface area contributed by atoms with Gasteiger partial charge in [-0.15, -0.1) is 0 Å². The van der Waals surface area contributed by atoms with Gasteiger partial charge >= 0.3 is 0 Å². The van der Waals surface area contributed by atoms with Gasteiger partial charge in [-0.1, -0.05) is 49.1 Å². The summed E-state index contributed by atoms with van der Waals surface area (Å²) in [5, 5.41) is 0.751. The third-order valence-electron chi connectivity index (χ3n) is 5.51. The lowest BCUT2D eigenvalue weighted by molar-refractivity contribution is 0.306. The van der Waals surface area contributed by atoms with Crippen LogP contribution in [0.25, 0.3) is 0 Å². The standard InChI is InChI=1S/C24H26ClNO/c25-21-9-6-19(7-10-21)17-27-22-11-12-23-20(16-22)14-15-26-24(23)13-8-18-4-2-1-3-5-18/h6-13,16,18H,1-5,14-15,17H2/b13-8+. The summed E-state index contributed by atoms with van der Waals surface area (Å²) >= 11 is 5.94. The van der Waals surface area contributed by atoms with Crippen molar-refractivity contribution in [2.24, 2.45) is 10.9 Å². The predicted molar refractivity (Wildman–Crippen MR) is 113 cm³/mol. The van der Waals surface area contributed by atoms with Crippen LogP contribution in [0.4, 0.5) is 0 Å². The molecule has 27 heavy (non-hydrogen) atoms. The number of aliphatic imine (C=N–C) groups is 1. The molecule has 0 bridgehead atoms. The summed E-state index contributed by atoms with van der Waals surface area (Å²) in [5.41, 5.74) is 4.84. The van der Waals surface area contributed by atoms with Gasteiger partial charge in [0.15, 0.2) is 0 Å². The summed E-state index contributed by atoms with van der Waals surface area (Å²) in [5.74, 6) is 1.65. The number of ether oxygens (including phenoxy) is 1. The molecule has 1 heterocycles. The highest BCUT2D eigenvalue weighted by molar-refractivity contribution is 6.30. The monoisotopic (exact) mass is 379 g/mol. The van der Waals surface area contributed by atoms with Crippen LogP contribution in [-0.2, 0) is 13.0 Å². The normalized spacial score (nSPS) is 17.6. The molecule has 3 heteroatoms. The summed E-state index contributed by atoms with van der Waals surface area (Å²) < 4.78 is 5.99. The van der Waals surface area contributed by atoms with Crippen molar-refractivity contribution in [3.8, 4) is 5.75 Å². The van der Waals surface area contributed by atoms with Crippen molar-refractivity contribution in [1.82, 2.24) is 0 Å². The molecule has 2 aromatic rings. The molecule has 0 aromatic heterocycles. The van der Waals surface area contributed by atoms with Gasteiger partial charge in [0.1, 0.15) is 12.4 Å². The minimum Gasteiger partial charge on any atom is -0.489 e. The van der Waals surface area contributed by atoms with Crippen LogP contribution in [0.5, 0.6) is 5.75 Å². The van der Waals surface area contributed by atoms with E-state index in [-0.39, 0.29) is 0 Å². The number of hydrogen-bond acceptors (Lipinski definition) is 2. The Kier molecular flexibility index (Phi) is 5.94. The Balaban J connectivity index is 1.43. The second-order valence-electron chi connectivity index (χ2n) is 7.51. The second kappa shape index (κ2) is 8.75. The van der Waals surface area contributed by atoms with Crippen molar-refractivity contribution in [1.29, 1.82) is 0 Å². The molecular formula is C24H26ClNO. The van der Waals surface area contributed by atoms with E-state index >= 15 is 0 Å². The quantitative estimate of drug-likeness (QED) is 0.588. The lowest BCUT2D eigenvalue weighted by Crippen LogP contribution is -2.12. The van der Waals surface area contributed by atoms with Crippen LogP contribution in [0, 0.1) is 5.92 Å². The van der Waals surface area contributed by atoms with E-state index in [1.165, 1.54) is 43.2 Å². The minimum atomic E-state index is 0.554. The molecular weight excluding hydrogens is 354 g/mol. The lowest BCUT2D eigenvalue weighted by Gasteiger charge is -2.19. The smallest absolute Gasteiger partial charge is 0.120 e. The van der Waals surface area contributed by atoms with Gasteiger partial charge in [-0.2, -0.15) is 0 Å². The van der Waals surface area contributed by atoms with Gasteiger partial charge in [-0.05, 0) is 72.7 Å². The third kappa shape index (κ3) is 4.81. The first-order valence-electron chi connectivity index (χ1n) is 10.0. The molecule has 0 saturated heterocycles. The van der Waals surface area contributed by atoms with Crippen LogP contribution in [0.2, 0.25) is 5.02 Å². The number of fused-ring (bicyclic) bond motifs is 1. The van der Waals surface area contributed by atoms with Crippen LogP contribution in [0.15, 0.2) is 59.6 Å². The lowest BCUT2D eigenvalue weighted by atomic mass is 9.88. The van der Waals surface area contributed by atoms with Gasteiger partial charge < -0.3 is 4.74 Å². The number of nitrogens with zero attached hydrogens (tertiary/aromatic N) is 1. The van der Waals surface area contributed by atoms with Crippen LogP contribution in [-0.4, -0.2) is 12.3 Å². The Morgan fingerprint density at radius 1 is 1.04 bits per heavy atom. The van der Waals surface area contributed by atoms with Crippen molar-refractivity contribution in [3.63, 3.8) is 0 Å². The predicted octanol–water partition coefficient (Wildman–Crippen LogP) is 6.40. The van der Waals surface area contributed by atoms with Crippen molar-refractivity contribution >= 4 is 17.3 Å². The zero-order valence-electron chi connectivity index (χ0n) is 15.7. The fourth-order valence-electron chi connectivity index (χ4n) is 3.94. The van der Waals surface area contributed by atoms with Crippen molar-refractivity contribution < 1.29 is 4.74 Å². The van der Waals surface area contributed by atoms with Gasteiger partial charge in [0.25, 0.3) is 0 Å². The summed E-state index contributed by atoms with van der Waals surface area (Å²) in [7, 11) is 0. The molecule has 0 unspecified atom stereocenters. The van der Waals surface area contributed by atoms with Gasteiger partial charge in [0.2, 0.25) is 0 Å². The average Bonchev–Trinajstić information content (AvgIpc) is 2.72. The average molecular weight is 380 g/mol. The largest absolute Gasteiger partial charge is 0.489 e. The maximum atomic E-state index is 5.99. The van der Waals surface area contributed by atoms with Gasteiger partial charge in [0.05, 0.1) is 5.71 Å². The maximum Gasteiger partial charge on any atom is 0.120 e. The van der Waals surface area contributed by atoms with Crippen molar-refractivity contribution in [3.05, 3.63) is 76.3 Å². The molecule has 1 fully saturated rings. The Morgan fingerprint density at radius 2 is 1.85 bits per heavy atom. The van der Waals surface area contributed by atoms with Crippen LogP contribution in [0.1, 0.15) is 48.8 Å². The molecule has 1 saturated carbocycles. The summed E-state index contributed by atoms with van der Waals surface area (Å²) in [6.45, 7) is 1.41. The van der Waals surface area contributed by atoms with E-state index in [1.54, 1.807) is 0 Å². The Hall–Kier alpha value is -2.06. The fourth-order valence-corrected chi connectivity index (χ4v) is 4.07. The van der Waals surface area contributed by atoms with Crippen molar-refractivity contribution in [2.45, 2.75) is 45.1 Å². The molecule has 0 amide bonds. The third-order valence-corrected chi connectivity index (χ3v) is 5.76. The summed E-state index contributed by atoms with van der Waals surface area (Å²) in [4.78, 5) is 4.76. The topological polar surface area (TPSA) is 21.6 Å². The molecule has 2 nitrogen and oxygen atoms in total. The van der Waals surface area contributed by atoms with Crippen LogP contribution >= 0.6 is 11.6 Å².